The van der Waals surface area contributed by atoms with E-state index in [4.69, 9.17) is 4.74 Å². The van der Waals surface area contributed by atoms with Crippen molar-refractivity contribution in [1.82, 2.24) is 0 Å². The molecule has 0 amide bonds. The first-order chi connectivity index (χ1) is 12.9. The topological polar surface area (TPSA) is 41.8 Å². The van der Waals surface area contributed by atoms with Crippen molar-refractivity contribution in [3.63, 3.8) is 0 Å². The first-order valence-electron chi connectivity index (χ1n) is 10.4. The van der Waals surface area contributed by atoms with Crippen LogP contribution in [0.2, 0.25) is 9.63 Å². The van der Waals surface area contributed by atoms with Gasteiger partial charge in [0.05, 0.1) is 0 Å². The molecule has 0 spiro atoms. The summed E-state index contributed by atoms with van der Waals surface area (Å²) in [7, 11) is 1.90. The fourth-order valence-corrected chi connectivity index (χ4v) is 11.1. The van der Waals surface area contributed by atoms with E-state index in [0.29, 0.717) is 30.5 Å². The van der Waals surface area contributed by atoms with Crippen molar-refractivity contribution in [1.29, 1.82) is 0 Å². The molecule has 3 fully saturated rings. The summed E-state index contributed by atoms with van der Waals surface area (Å²) >= 11 is 0.355. The number of rotatable bonds is 4. The van der Waals surface area contributed by atoms with E-state index in [1.54, 1.807) is 0 Å². The summed E-state index contributed by atoms with van der Waals surface area (Å²) in [6.07, 6.45) is 7.27. The van der Waals surface area contributed by atoms with Crippen molar-refractivity contribution in [2.24, 2.45) is 21.9 Å². The number of oxime groups is 1. The number of methoxy groups -OCH3 is 1. The van der Waals surface area contributed by atoms with Gasteiger partial charge in [0.15, 0.2) is 0 Å². The molecular weight excluding hydrogens is 401 g/mol. The zero-order chi connectivity index (χ0) is 19.3. The zero-order valence-electron chi connectivity index (χ0n) is 17.1. The predicted octanol–water partition coefficient (Wildman–Crippen LogP) is 5.67. The number of benzene rings is 1. The predicted molar refractivity (Wildman–Crippen MR) is 111 cm³/mol. The Morgan fingerprint density at radius 1 is 1.07 bits per heavy atom. The Labute approximate surface area is 170 Å². The van der Waals surface area contributed by atoms with E-state index in [1.165, 1.54) is 31.2 Å². The molecule has 0 aromatic heterocycles. The Bertz CT molecular complexity index is 718. The molecule has 0 saturated heterocycles. The zero-order valence-corrected chi connectivity index (χ0v) is 18.8. The van der Waals surface area contributed by atoms with Crippen LogP contribution in [-0.2, 0) is 10.3 Å². The van der Waals surface area contributed by atoms with Crippen LogP contribution in [-0.4, -0.2) is 33.0 Å². The van der Waals surface area contributed by atoms with E-state index in [0.717, 1.165) is 18.6 Å². The first kappa shape index (κ1) is 19.5. The van der Waals surface area contributed by atoms with Crippen LogP contribution in [0, 0.1) is 16.7 Å². The van der Waals surface area contributed by atoms with E-state index in [9.17, 15) is 5.21 Å². The summed E-state index contributed by atoms with van der Waals surface area (Å²) in [5.74, 6) is 0.639. The third-order valence-electron chi connectivity index (χ3n) is 8.33. The van der Waals surface area contributed by atoms with E-state index in [1.807, 2.05) is 7.11 Å². The summed E-state index contributed by atoms with van der Waals surface area (Å²) in [6, 6.07) is 10.8. The number of ether oxygens (including phenoxy) is 1. The van der Waals surface area contributed by atoms with Gasteiger partial charge in [-0.2, -0.15) is 0 Å². The van der Waals surface area contributed by atoms with Crippen LogP contribution >= 0.6 is 0 Å². The molecule has 4 heteroatoms. The maximum absolute atomic E-state index is 9.96. The molecule has 1 aromatic carbocycles. The van der Waals surface area contributed by atoms with Crippen molar-refractivity contribution in [2.75, 3.05) is 7.11 Å². The van der Waals surface area contributed by atoms with Crippen LogP contribution in [0.15, 0.2) is 35.5 Å². The molecule has 148 valence electrons. The standard InChI is InChI=1S/C23H33NO2Se/c1-21(2)17-13-15-22(21,3)20(24-25)19(17)27-18-12-8-9-14-23(18,26-4)16-10-6-5-7-11-16/h5-7,10-11,17-19,25H,8-9,12-15H2,1-4H3/b24-20+/t17-,18?,19+,22+,23?/m1/s1. The molecule has 2 unspecified atom stereocenters. The SMILES string of the molecule is COC1(c2ccccc2)CCCCC1[Se][C@@H]1/C(=N\O)[C@]2(C)CC[C@H]1C2(C)C. The van der Waals surface area contributed by atoms with Gasteiger partial charge < -0.3 is 0 Å². The number of hydrogen-bond donors (Lipinski definition) is 1. The minimum absolute atomic E-state index is 0.0516. The molecule has 0 heterocycles. The molecule has 3 aliphatic rings. The van der Waals surface area contributed by atoms with Crippen LogP contribution in [0.5, 0.6) is 0 Å². The maximum atomic E-state index is 9.96. The van der Waals surface area contributed by atoms with E-state index >= 15 is 0 Å². The molecule has 27 heavy (non-hydrogen) atoms. The van der Waals surface area contributed by atoms with E-state index in [-0.39, 0.29) is 16.4 Å². The average molecular weight is 434 g/mol. The van der Waals surface area contributed by atoms with Crippen LogP contribution in [0.25, 0.3) is 0 Å². The number of hydrogen-bond acceptors (Lipinski definition) is 3. The Hall–Kier alpha value is -0.831. The molecule has 2 bridgehead atoms. The van der Waals surface area contributed by atoms with E-state index in [2.05, 4.69) is 56.3 Å². The Morgan fingerprint density at radius 2 is 1.81 bits per heavy atom. The van der Waals surface area contributed by atoms with Gasteiger partial charge >= 0.3 is 170 Å². The van der Waals surface area contributed by atoms with Gasteiger partial charge in [0, 0.05) is 0 Å². The molecule has 0 aliphatic heterocycles. The summed E-state index contributed by atoms with van der Waals surface area (Å²) in [6.45, 7) is 7.13. The van der Waals surface area contributed by atoms with Gasteiger partial charge in [-0.05, 0) is 0 Å². The summed E-state index contributed by atoms with van der Waals surface area (Å²) < 4.78 is 6.33. The van der Waals surface area contributed by atoms with Gasteiger partial charge in [-0.15, -0.1) is 0 Å². The second kappa shape index (κ2) is 6.90. The molecular formula is C23H33NO2Se. The molecule has 1 aromatic rings. The summed E-state index contributed by atoms with van der Waals surface area (Å²) in [4.78, 5) is 0.976. The quantitative estimate of drug-likeness (QED) is 0.377. The third kappa shape index (κ3) is 2.67. The Balaban J connectivity index is 1.68. The van der Waals surface area contributed by atoms with Crippen LogP contribution in [0.1, 0.15) is 64.9 Å². The monoisotopic (exact) mass is 435 g/mol. The average Bonchev–Trinajstić information content (AvgIpc) is 3.01. The molecule has 5 atom stereocenters. The van der Waals surface area contributed by atoms with Crippen LogP contribution in [0.3, 0.4) is 0 Å². The number of fused-ring (bicyclic) bond motifs is 2. The Kier molecular flexibility index (Phi) is 4.98. The van der Waals surface area contributed by atoms with Crippen molar-refractivity contribution >= 4 is 20.7 Å². The van der Waals surface area contributed by atoms with Gasteiger partial charge in [-0.1, -0.05) is 0 Å². The summed E-state index contributed by atoms with van der Waals surface area (Å²) in [5, 5.41) is 13.9. The van der Waals surface area contributed by atoms with E-state index < -0.39 is 0 Å². The van der Waals surface area contributed by atoms with Gasteiger partial charge in [-0.25, -0.2) is 0 Å². The first-order valence-corrected chi connectivity index (χ1v) is 12.4. The van der Waals surface area contributed by atoms with Crippen LogP contribution < -0.4 is 0 Å². The molecule has 3 aliphatic carbocycles. The molecule has 1 N–H and O–H groups in total. The molecule has 3 nitrogen and oxygen atoms in total. The Morgan fingerprint density at radius 3 is 2.48 bits per heavy atom. The van der Waals surface area contributed by atoms with Crippen molar-refractivity contribution in [3.05, 3.63) is 35.9 Å². The van der Waals surface area contributed by atoms with Crippen LogP contribution in [0.4, 0.5) is 0 Å². The molecule has 3 saturated carbocycles. The fourth-order valence-electron chi connectivity index (χ4n) is 6.22. The molecule has 0 radical (unpaired) electrons. The van der Waals surface area contributed by atoms with Crippen molar-refractivity contribution in [3.8, 4) is 0 Å². The second-order valence-electron chi connectivity index (χ2n) is 9.43. The molecule has 4 rings (SSSR count). The van der Waals surface area contributed by atoms with Gasteiger partial charge in [0.25, 0.3) is 0 Å². The summed E-state index contributed by atoms with van der Waals surface area (Å²) in [5.41, 5.74) is 2.52. The van der Waals surface area contributed by atoms with Gasteiger partial charge in [0.2, 0.25) is 0 Å². The second-order valence-corrected chi connectivity index (χ2v) is 12.3. The number of nitrogens with zero attached hydrogens (tertiary/aromatic N) is 1. The third-order valence-corrected chi connectivity index (χ3v) is 12.1. The van der Waals surface area contributed by atoms with Crippen molar-refractivity contribution in [2.45, 2.75) is 74.5 Å². The minimum atomic E-state index is -0.174. The van der Waals surface area contributed by atoms with Gasteiger partial charge in [0.1, 0.15) is 0 Å². The van der Waals surface area contributed by atoms with Crippen molar-refractivity contribution < 1.29 is 9.94 Å². The normalized spacial score (nSPS) is 41.9. The fraction of sp³-hybridized carbons (Fsp3) is 0.696. The van der Waals surface area contributed by atoms with Gasteiger partial charge in [-0.3, -0.25) is 0 Å².